The van der Waals surface area contributed by atoms with Gasteiger partial charge in [-0.3, -0.25) is 14.6 Å². The lowest BCUT2D eigenvalue weighted by molar-refractivity contribution is 0.0941. The number of aromatic nitrogens is 4. The molecule has 1 saturated carbocycles. The summed E-state index contributed by atoms with van der Waals surface area (Å²) in [5.74, 6) is -0.382. The van der Waals surface area contributed by atoms with Crippen LogP contribution in [0, 0.1) is 6.92 Å². The molecule has 0 spiro atoms. The van der Waals surface area contributed by atoms with E-state index >= 15 is 0 Å². The molecule has 1 aliphatic rings. The minimum atomic E-state index is -0.246. The van der Waals surface area contributed by atoms with Gasteiger partial charge in [0.15, 0.2) is 5.69 Å². The Labute approximate surface area is 180 Å². The quantitative estimate of drug-likeness (QED) is 0.617. The van der Waals surface area contributed by atoms with Gasteiger partial charge in [-0.1, -0.05) is 11.3 Å². The van der Waals surface area contributed by atoms with E-state index in [4.69, 9.17) is 0 Å². The van der Waals surface area contributed by atoms with Crippen LogP contribution < -0.4 is 10.6 Å². The smallest absolute Gasteiger partial charge is 0.274 e. The molecular weight excluding hydrogens is 392 g/mol. The lowest BCUT2D eigenvalue weighted by Crippen LogP contribution is -2.26. The van der Waals surface area contributed by atoms with E-state index in [0.29, 0.717) is 23.5 Å². The molecule has 2 amide bonds. The monoisotopic (exact) mass is 416 g/mol. The van der Waals surface area contributed by atoms with Gasteiger partial charge in [0.1, 0.15) is 5.69 Å². The highest BCUT2D eigenvalue weighted by Crippen LogP contribution is 2.21. The van der Waals surface area contributed by atoms with Crippen molar-refractivity contribution < 1.29 is 9.59 Å². The van der Waals surface area contributed by atoms with Gasteiger partial charge in [0.25, 0.3) is 11.8 Å². The van der Waals surface area contributed by atoms with Crippen LogP contribution in [0.1, 0.15) is 57.7 Å². The zero-order chi connectivity index (χ0) is 21.8. The van der Waals surface area contributed by atoms with Crippen molar-refractivity contribution >= 4 is 24.0 Å². The van der Waals surface area contributed by atoms with Gasteiger partial charge in [0.2, 0.25) is 0 Å². The lowest BCUT2D eigenvalue weighted by atomic mass is 10.2. The van der Waals surface area contributed by atoms with Crippen LogP contribution in [-0.4, -0.2) is 44.4 Å². The molecule has 31 heavy (non-hydrogen) atoms. The predicted octanol–water partition coefficient (Wildman–Crippen LogP) is 2.78. The first kappa shape index (κ1) is 20.5. The Morgan fingerprint density at radius 3 is 2.55 bits per heavy atom. The maximum atomic E-state index is 12.7. The molecule has 2 aromatic heterocycles. The van der Waals surface area contributed by atoms with Crippen LogP contribution in [0.15, 0.2) is 42.5 Å². The van der Waals surface area contributed by atoms with Gasteiger partial charge in [0.05, 0.1) is 11.4 Å². The van der Waals surface area contributed by atoms with Crippen LogP contribution >= 0.6 is 0 Å². The molecule has 0 unspecified atom stereocenters. The van der Waals surface area contributed by atoms with Crippen LogP contribution in [0.2, 0.25) is 0 Å². The molecule has 0 saturated heterocycles. The number of benzene rings is 1. The molecule has 2 heterocycles. The SMILES string of the molecule is CCNC(=O)c1ccc(-n2nnc(C(=O)NC3CC3)c2/C=C/c2cccc(C)n2)cc1. The van der Waals surface area contributed by atoms with Gasteiger partial charge < -0.3 is 10.6 Å². The second kappa shape index (κ2) is 8.91. The zero-order valence-electron chi connectivity index (χ0n) is 17.5. The Hall–Kier alpha value is -3.81. The number of amides is 2. The number of rotatable bonds is 7. The fourth-order valence-electron chi connectivity index (χ4n) is 3.11. The first-order valence-electron chi connectivity index (χ1n) is 10.3. The third-order valence-electron chi connectivity index (χ3n) is 4.87. The van der Waals surface area contributed by atoms with Gasteiger partial charge in [-0.2, -0.15) is 0 Å². The molecule has 1 aromatic carbocycles. The van der Waals surface area contributed by atoms with E-state index in [1.807, 2.05) is 38.1 Å². The van der Waals surface area contributed by atoms with Crippen molar-refractivity contribution in [2.45, 2.75) is 32.7 Å². The second-order valence-electron chi connectivity index (χ2n) is 7.43. The van der Waals surface area contributed by atoms with E-state index < -0.39 is 0 Å². The standard InChI is InChI=1S/C23H24N6O2/c1-3-24-22(30)16-7-12-19(13-8-16)29-20(14-11-17-6-4-5-15(2)25-17)21(27-28-29)23(31)26-18-9-10-18/h4-8,11-14,18H,3,9-10H2,1-2H3,(H,24,30)(H,26,31)/b14-11+. The topological polar surface area (TPSA) is 102 Å². The summed E-state index contributed by atoms with van der Waals surface area (Å²) in [5, 5.41) is 14.1. The van der Waals surface area contributed by atoms with Gasteiger partial charge in [-0.25, -0.2) is 4.68 Å². The van der Waals surface area contributed by atoms with E-state index in [1.54, 1.807) is 35.0 Å². The fraction of sp³-hybridized carbons (Fsp3) is 0.261. The van der Waals surface area contributed by atoms with Crippen LogP contribution in [0.4, 0.5) is 0 Å². The Morgan fingerprint density at radius 1 is 1.10 bits per heavy atom. The molecule has 8 heteroatoms. The highest BCUT2D eigenvalue weighted by Gasteiger charge is 2.27. The largest absolute Gasteiger partial charge is 0.352 e. The van der Waals surface area contributed by atoms with Gasteiger partial charge in [-0.05, 0) is 75.2 Å². The first-order valence-corrected chi connectivity index (χ1v) is 10.3. The minimum absolute atomic E-state index is 0.136. The third-order valence-corrected chi connectivity index (χ3v) is 4.87. The molecular formula is C23H24N6O2. The number of carbonyl (C=O) groups is 2. The molecule has 0 aliphatic heterocycles. The number of nitrogens with one attached hydrogen (secondary N) is 2. The van der Waals surface area contributed by atoms with Crippen molar-refractivity contribution in [3.05, 3.63) is 70.8 Å². The fourth-order valence-corrected chi connectivity index (χ4v) is 3.11. The van der Waals surface area contributed by atoms with Crippen molar-refractivity contribution in [3.63, 3.8) is 0 Å². The Kier molecular flexibility index (Phi) is 5.88. The Bertz CT molecular complexity index is 1130. The Balaban J connectivity index is 1.69. The summed E-state index contributed by atoms with van der Waals surface area (Å²) in [5.41, 5.74) is 3.73. The highest BCUT2D eigenvalue weighted by atomic mass is 16.2. The molecule has 0 atom stereocenters. The molecule has 4 rings (SSSR count). The first-order chi connectivity index (χ1) is 15.0. The maximum absolute atomic E-state index is 12.7. The second-order valence-corrected chi connectivity index (χ2v) is 7.43. The lowest BCUT2D eigenvalue weighted by Gasteiger charge is -2.07. The number of nitrogens with zero attached hydrogens (tertiary/aromatic N) is 4. The summed E-state index contributed by atoms with van der Waals surface area (Å²) >= 11 is 0. The maximum Gasteiger partial charge on any atom is 0.274 e. The van der Waals surface area contributed by atoms with Gasteiger partial charge in [0, 0.05) is 23.8 Å². The van der Waals surface area contributed by atoms with E-state index in [9.17, 15) is 9.59 Å². The minimum Gasteiger partial charge on any atom is -0.352 e. The normalized spacial score (nSPS) is 13.4. The Morgan fingerprint density at radius 2 is 1.87 bits per heavy atom. The average Bonchev–Trinajstić information content (AvgIpc) is 3.48. The summed E-state index contributed by atoms with van der Waals surface area (Å²) in [6.07, 6.45) is 5.60. The number of hydrogen-bond acceptors (Lipinski definition) is 5. The zero-order valence-corrected chi connectivity index (χ0v) is 17.5. The van der Waals surface area contributed by atoms with Crippen molar-refractivity contribution in [3.8, 4) is 5.69 Å². The summed E-state index contributed by atoms with van der Waals surface area (Å²) in [6, 6.07) is 13.0. The van der Waals surface area contributed by atoms with Crippen molar-refractivity contribution in [1.82, 2.24) is 30.6 Å². The van der Waals surface area contributed by atoms with Crippen molar-refractivity contribution in [1.29, 1.82) is 0 Å². The number of carbonyl (C=O) groups excluding carboxylic acids is 2. The number of pyridine rings is 1. The summed E-state index contributed by atoms with van der Waals surface area (Å²) in [4.78, 5) is 29.2. The third kappa shape index (κ3) is 4.85. The molecule has 1 fully saturated rings. The van der Waals surface area contributed by atoms with Crippen LogP contribution in [0.3, 0.4) is 0 Å². The van der Waals surface area contributed by atoms with E-state index in [1.165, 1.54) is 0 Å². The number of aryl methyl sites for hydroxylation is 1. The van der Waals surface area contributed by atoms with Crippen LogP contribution in [0.25, 0.3) is 17.8 Å². The summed E-state index contributed by atoms with van der Waals surface area (Å²) in [6.45, 7) is 4.36. The molecule has 158 valence electrons. The van der Waals surface area contributed by atoms with Gasteiger partial charge >= 0.3 is 0 Å². The van der Waals surface area contributed by atoms with Crippen LogP contribution in [-0.2, 0) is 0 Å². The van der Waals surface area contributed by atoms with Gasteiger partial charge in [-0.15, -0.1) is 5.10 Å². The molecule has 2 N–H and O–H groups in total. The highest BCUT2D eigenvalue weighted by molar-refractivity contribution is 5.97. The van der Waals surface area contributed by atoms with E-state index in [-0.39, 0.29) is 23.6 Å². The summed E-state index contributed by atoms with van der Waals surface area (Å²) < 4.78 is 1.59. The molecule has 0 bridgehead atoms. The predicted molar refractivity (Wildman–Crippen MR) is 118 cm³/mol. The molecule has 3 aromatic rings. The van der Waals surface area contributed by atoms with E-state index in [2.05, 4.69) is 25.9 Å². The number of hydrogen-bond donors (Lipinski definition) is 2. The molecule has 8 nitrogen and oxygen atoms in total. The molecule has 1 aliphatic carbocycles. The summed E-state index contributed by atoms with van der Waals surface area (Å²) in [7, 11) is 0. The average molecular weight is 416 g/mol. The van der Waals surface area contributed by atoms with Crippen molar-refractivity contribution in [2.24, 2.45) is 0 Å². The van der Waals surface area contributed by atoms with Crippen molar-refractivity contribution in [2.75, 3.05) is 6.54 Å². The molecule has 0 radical (unpaired) electrons. The van der Waals surface area contributed by atoms with Crippen LogP contribution in [0.5, 0.6) is 0 Å². The van der Waals surface area contributed by atoms with E-state index in [0.717, 1.165) is 24.2 Å².